The maximum Gasteiger partial charge on any atom is 0.320 e. The summed E-state index contributed by atoms with van der Waals surface area (Å²) in [4.78, 5) is 28.4. The van der Waals surface area contributed by atoms with Crippen molar-refractivity contribution in [3.05, 3.63) is 52.2 Å². The van der Waals surface area contributed by atoms with Crippen LogP contribution in [0.5, 0.6) is 0 Å². The van der Waals surface area contributed by atoms with E-state index in [0.29, 0.717) is 39.1 Å². The summed E-state index contributed by atoms with van der Waals surface area (Å²) in [6.07, 6.45) is 2.51. The number of hydrogen-bond donors (Lipinski definition) is 2. The molecule has 34 heavy (non-hydrogen) atoms. The van der Waals surface area contributed by atoms with E-state index in [1.54, 1.807) is 12.1 Å². The lowest BCUT2D eigenvalue weighted by Crippen LogP contribution is -2.55. The van der Waals surface area contributed by atoms with Crippen LogP contribution in [0.25, 0.3) is 0 Å². The summed E-state index contributed by atoms with van der Waals surface area (Å²) < 4.78 is 14.0. The highest BCUT2D eigenvalue weighted by atomic mass is 35.5. The molecule has 2 aromatic rings. The number of benzene rings is 1. The number of anilines is 1. The standard InChI is InChI=1S/C24H30ClFN6O2/c1-15-10-20(33)22-21(15)23(29-14-28-22)30-6-8-31(9-7-30)24(34)32(17-4-5-27-12-17)13-16-2-3-18(25)19(26)11-16/h2-3,11,14-15,17,20,27,33H,4-10,12-13H2,1H3/t15?,17?,20-/m1/s1. The Balaban J connectivity index is 1.29. The van der Waals surface area contributed by atoms with Gasteiger partial charge in [0, 0.05) is 50.9 Å². The molecule has 1 aliphatic carbocycles. The molecule has 1 aromatic heterocycles. The fourth-order valence-electron chi connectivity index (χ4n) is 5.34. The number of piperazine rings is 1. The molecule has 0 radical (unpaired) electrons. The highest BCUT2D eigenvalue weighted by molar-refractivity contribution is 6.30. The molecule has 0 bridgehead atoms. The molecule has 3 heterocycles. The summed E-state index contributed by atoms with van der Waals surface area (Å²) in [6.45, 7) is 6.48. The molecule has 10 heteroatoms. The van der Waals surface area contributed by atoms with Gasteiger partial charge in [-0.15, -0.1) is 0 Å². The number of hydrogen-bond acceptors (Lipinski definition) is 6. The van der Waals surface area contributed by atoms with Crippen LogP contribution in [-0.2, 0) is 6.54 Å². The number of amides is 2. The number of urea groups is 1. The molecule has 3 aliphatic rings. The van der Waals surface area contributed by atoms with Gasteiger partial charge < -0.3 is 25.1 Å². The first-order chi connectivity index (χ1) is 16.4. The number of aromatic nitrogens is 2. The average Bonchev–Trinajstić information content (AvgIpc) is 3.48. The van der Waals surface area contributed by atoms with Crippen LogP contribution in [0, 0.1) is 5.82 Å². The van der Waals surface area contributed by atoms with Gasteiger partial charge in [0.25, 0.3) is 0 Å². The van der Waals surface area contributed by atoms with E-state index in [-0.39, 0.29) is 23.0 Å². The van der Waals surface area contributed by atoms with E-state index >= 15 is 0 Å². The first-order valence-electron chi connectivity index (χ1n) is 11.9. The van der Waals surface area contributed by atoms with Gasteiger partial charge in [-0.25, -0.2) is 19.2 Å². The molecule has 1 aromatic carbocycles. The number of carbonyl (C=O) groups is 1. The fourth-order valence-corrected chi connectivity index (χ4v) is 5.46. The van der Waals surface area contributed by atoms with Gasteiger partial charge in [-0.1, -0.05) is 24.6 Å². The number of aliphatic hydroxyl groups is 1. The number of carbonyl (C=O) groups excluding carboxylic acids is 1. The Morgan fingerprint density at radius 2 is 2.09 bits per heavy atom. The summed E-state index contributed by atoms with van der Waals surface area (Å²) in [5, 5.41) is 13.7. The lowest BCUT2D eigenvalue weighted by atomic mass is 10.1. The molecule has 182 valence electrons. The molecule has 0 spiro atoms. The second kappa shape index (κ2) is 9.64. The predicted molar refractivity (Wildman–Crippen MR) is 127 cm³/mol. The number of fused-ring (bicyclic) bond motifs is 1. The lowest BCUT2D eigenvalue weighted by Gasteiger charge is -2.40. The molecule has 8 nitrogen and oxygen atoms in total. The second-order valence-corrected chi connectivity index (χ2v) is 9.84. The van der Waals surface area contributed by atoms with Gasteiger partial charge in [0.05, 0.1) is 16.8 Å². The van der Waals surface area contributed by atoms with Crippen molar-refractivity contribution in [2.45, 2.75) is 44.4 Å². The van der Waals surface area contributed by atoms with Crippen LogP contribution < -0.4 is 10.2 Å². The fraction of sp³-hybridized carbons (Fsp3) is 0.542. The third-order valence-electron chi connectivity index (χ3n) is 7.19. The van der Waals surface area contributed by atoms with Gasteiger partial charge in [0.2, 0.25) is 0 Å². The Hall–Kier alpha value is -2.49. The van der Waals surface area contributed by atoms with Crippen LogP contribution in [0.15, 0.2) is 24.5 Å². The van der Waals surface area contributed by atoms with E-state index in [1.807, 2.05) is 9.80 Å². The van der Waals surface area contributed by atoms with Crippen LogP contribution in [0.2, 0.25) is 5.02 Å². The maximum absolute atomic E-state index is 14.0. The largest absolute Gasteiger partial charge is 0.387 e. The van der Waals surface area contributed by atoms with Gasteiger partial charge in [-0.05, 0) is 43.0 Å². The molecule has 2 aliphatic heterocycles. The summed E-state index contributed by atoms with van der Waals surface area (Å²) in [5.41, 5.74) is 2.48. The Morgan fingerprint density at radius 3 is 2.79 bits per heavy atom. The molecular formula is C24H30ClFN6O2. The molecule has 0 saturated carbocycles. The van der Waals surface area contributed by atoms with E-state index < -0.39 is 11.9 Å². The third kappa shape index (κ3) is 4.44. The first kappa shape index (κ1) is 23.3. The zero-order chi connectivity index (χ0) is 23.8. The van der Waals surface area contributed by atoms with Crippen LogP contribution in [0.1, 0.15) is 48.6 Å². The van der Waals surface area contributed by atoms with E-state index in [1.165, 1.54) is 12.4 Å². The number of aliphatic hydroxyl groups excluding tert-OH is 1. The molecular weight excluding hydrogens is 459 g/mol. The SMILES string of the molecule is CC1C[C@@H](O)c2ncnc(N3CCN(C(=O)N(Cc4ccc(Cl)c(F)c4)C4CCNC4)CC3)c21. The first-order valence-corrected chi connectivity index (χ1v) is 12.3. The number of halogens is 2. The summed E-state index contributed by atoms with van der Waals surface area (Å²) >= 11 is 5.84. The summed E-state index contributed by atoms with van der Waals surface area (Å²) in [6, 6.07) is 4.77. The highest BCUT2D eigenvalue weighted by Crippen LogP contribution is 2.42. The van der Waals surface area contributed by atoms with Crippen molar-refractivity contribution in [2.24, 2.45) is 0 Å². The van der Waals surface area contributed by atoms with Crippen LogP contribution in [0.3, 0.4) is 0 Å². The number of nitrogens with one attached hydrogen (secondary N) is 1. The maximum atomic E-state index is 14.0. The van der Waals surface area contributed by atoms with Gasteiger partial charge in [0.1, 0.15) is 18.0 Å². The van der Waals surface area contributed by atoms with Crippen molar-refractivity contribution >= 4 is 23.4 Å². The topological polar surface area (TPSA) is 84.8 Å². The van der Waals surface area contributed by atoms with Crippen molar-refractivity contribution < 1.29 is 14.3 Å². The van der Waals surface area contributed by atoms with Crippen LogP contribution >= 0.6 is 11.6 Å². The van der Waals surface area contributed by atoms with Crippen molar-refractivity contribution in [1.82, 2.24) is 25.1 Å². The van der Waals surface area contributed by atoms with E-state index in [4.69, 9.17) is 11.6 Å². The average molecular weight is 489 g/mol. The molecule has 2 fully saturated rings. The molecule has 5 rings (SSSR count). The van der Waals surface area contributed by atoms with E-state index in [0.717, 1.165) is 42.1 Å². The van der Waals surface area contributed by atoms with Gasteiger partial charge in [-0.3, -0.25) is 0 Å². The van der Waals surface area contributed by atoms with Crippen LogP contribution in [0.4, 0.5) is 15.0 Å². The van der Waals surface area contributed by atoms with E-state index in [9.17, 15) is 14.3 Å². The Bertz CT molecular complexity index is 1060. The number of nitrogens with zero attached hydrogens (tertiary/aromatic N) is 5. The minimum absolute atomic E-state index is 0.0274. The molecule has 2 unspecified atom stereocenters. The van der Waals surface area contributed by atoms with E-state index in [2.05, 4.69) is 27.1 Å². The number of rotatable bonds is 4. The monoisotopic (exact) mass is 488 g/mol. The molecule has 3 atom stereocenters. The smallest absolute Gasteiger partial charge is 0.320 e. The zero-order valence-corrected chi connectivity index (χ0v) is 20.0. The summed E-state index contributed by atoms with van der Waals surface area (Å²) in [7, 11) is 0. The minimum atomic E-state index is -0.541. The summed E-state index contributed by atoms with van der Waals surface area (Å²) in [5.74, 6) is 0.599. The second-order valence-electron chi connectivity index (χ2n) is 9.43. The zero-order valence-electron chi connectivity index (χ0n) is 19.3. The minimum Gasteiger partial charge on any atom is -0.387 e. The Morgan fingerprint density at radius 1 is 1.29 bits per heavy atom. The molecule has 2 saturated heterocycles. The predicted octanol–water partition coefficient (Wildman–Crippen LogP) is 2.92. The van der Waals surface area contributed by atoms with Gasteiger partial charge in [0.15, 0.2) is 0 Å². The Labute approximate surface area is 203 Å². The van der Waals surface area contributed by atoms with Crippen molar-refractivity contribution in [3.63, 3.8) is 0 Å². The third-order valence-corrected chi connectivity index (χ3v) is 7.49. The van der Waals surface area contributed by atoms with Gasteiger partial charge in [-0.2, -0.15) is 0 Å². The van der Waals surface area contributed by atoms with Crippen LogP contribution in [-0.4, -0.2) is 76.2 Å². The van der Waals surface area contributed by atoms with Crippen molar-refractivity contribution in [3.8, 4) is 0 Å². The quantitative estimate of drug-likeness (QED) is 0.688. The molecule has 2 amide bonds. The lowest BCUT2D eigenvalue weighted by molar-refractivity contribution is 0.130. The molecule has 2 N–H and O–H groups in total. The normalized spacial score (nSPS) is 24.4. The highest BCUT2D eigenvalue weighted by Gasteiger charge is 2.35. The van der Waals surface area contributed by atoms with Crippen molar-refractivity contribution in [2.75, 3.05) is 44.2 Å². The van der Waals surface area contributed by atoms with Gasteiger partial charge >= 0.3 is 6.03 Å². The Kier molecular flexibility index (Phi) is 6.59. The van der Waals surface area contributed by atoms with Crippen molar-refractivity contribution in [1.29, 1.82) is 0 Å².